The fourth-order valence-electron chi connectivity index (χ4n) is 1.54. The summed E-state index contributed by atoms with van der Waals surface area (Å²) >= 11 is 4.31. The number of hydrogen-bond acceptors (Lipinski definition) is 5. The van der Waals surface area contributed by atoms with Crippen LogP contribution in [0.15, 0.2) is 21.7 Å². The average Bonchev–Trinajstić information content (AvgIpc) is 2.76. The molecule has 1 amide bonds. The lowest BCUT2D eigenvalue weighted by molar-refractivity contribution is 0.102. The zero-order valence-corrected chi connectivity index (χ0v) is 12.6. The van der Waals surface area contributed by atoms with E-state index in [1.165, 1.54) is 23.9 Å². The van der Waals surface area contributed by atoms with Crippen LogP contribution in [0.25, 0.3) is 0 Å². The Kier molecular flexibility index (Phi) is 4.01. The van der Waals surface area contributed by atoms with Gasteiger partial charge in [-0.2, -0.15) is 4.37 Å². The summed E-state index contributed by atoms with van der Waals surface area (Å²) in [6.45, 7) is 1.75. The van der Waals surface area contributed by atoms with Gasteiger partial charge in [-0.05, 0) is 34.4 Å². The van der Waals surface area contributed by atoms with Gasteiger partial charge in [0.1, 0.15) is 10.7 Å². The number of anilines is 2. The molecule has 0 saturated heterocycles. The van der Waals surface area contributed by atoms with E-state index in [0.717, 1.165) is 0 Å². The van der Waals surface area contributed by atoms with Crippen LogP contribution in [0.5, 0.6) is 0 Å². The molecule has 19 heavy (non-hydrogen) atoms. The van der Waals surface area contributed by atoms with Crippen molar-refractivity contribution in [3.8, 4) is 0 Å². The van der Waals surface area contributed by atoms with Gasteiger partial charge in [0.15, 0.2) is 0 Å². The first-order valence-corrected chi connectivity index (χ1v) is 6.93. The van der Waals surface area contributed by atoms with Crippen molar-refractivity contribution in [2.75, 3.05) is 17.7 Å². The SMILES string of the molecule is CNc1snc(C)c1C(=O)Nc1c[nH]cc(Br)c1=O. The van der Waals surface area contributed by atoms with Crippen molar-refractivity contribution in [1.29, 1.82) is 0 Å². The second-order valence-electron chi connectivity index (χ2n) is 3.72. The smallest absolute Gasteiger partial charge is 0.260 e. The van der Waals surface area contributed by atoms with Gasteiger partial charge in [-0.1, -0.05) is 0 Å². The summed E-state index contributed by atoms with van der Waals surface area (Å²) in [6.07, 6.45) is 2.95. The van der Waals surface area contributed by atoms with E-state index in [2.05, 4.69) is 35.9 Å². The van der Waals surface area contributed by atoms with Crippen LogP contribution in [0.2, 0.25) is 0 Å². The number of aromatic amines is 1. The molecule has 2 heterocycles. The highest BCUT2D eigenvalue weighted by molar-refractivity contribution is 9.10. The van der Waals surface area contributed by atoms with Gasteiger partial charge in [-0.15, -0.1) is 0 Å². The number of aryl methyl sites for hydroxylation is 1. The standard InChI is InChI=1S/C11H11BrN4O2S/c1-5-8(11(13-2)19-16-5)10(18)15-7-4-14-3-6(12)9(7)17/h3-4,13H,1-2H3,(H,14,17)(H,15,18). The van der Waals surface area contributed by atoms with E-state index in [4.69, 9.17) is 0 Å². The van der Waals surface area contributed by atoms with Crippen molar-refractivity contribution in [2.24, 2.45) is 0 Å². The Balaban J connectivity index is 2.34. The van der Waals surface area contributed by atoms with E-state index in [9.17, 15) is 9.59 Å². The second-order valence-corrected chi connectivity index (χ2v) is 5.35. The summed E-state index contributed by atoms with van der Waals surface area (Å²) in [5.74, 6) is -0.362. The summed E-state index contributed by atoms with van der Waals surface area (Å²) in [5.41, 5.74) is 0.983. The number of aromatic nitrogens is 2. The van der Waals surface area contributed by atoms with E-state index in [0.29, 0.717) is 20.7 Å². The lowest BCUT2D eigenvalue weighted by Gasteiger charge is -2.06. The molecule has 0 unspecified atom stereocenters. The van der Waals surface area contributed by atoms with Gasteiger partial charge >= 0.3 is 0 Å². The molecule has 3 N–H and O–H groups in total. The first-order chi connectivity index (χ1) is 9.04. The van der Waals surface area contributed by atoms with Gasteiger partial charge in [-0.3, -0.25) is 9.59 Å². The number of carbonyl (C=O) groups is 1. The Labute approximate surface area is 121 Å². The number of hydrogen-bond donors (Lipinski definition) is 3. The van der Waals surface area contributed by atoms with Crippen molar-refractivity contribution in [2.45, 2.75) is 6.92 Å². The van der Waals surface area contributed by atoms with E-state index in [1.807, 2.05) is 0 Å². The average molecular weight is 343 g/mol. The van der Waals surface area contributed by atoms with Crippen molar-refractivity contribution >= 4 is 44.1 Å². The fourth-order valence-corrected chi connectivity index (χ4v) is 2.63. The molecule has 0 fully saturated rings. The Morgan fingerprint density at radius 2 is 2.21 bits per heavy atom. The molecule has 0 atom stereocenters. The number of rotatable bonds is 3. The summed E-state index contributed by atoms with van der Waals surface area (Å²) in [5, 5.41) is 6.16. The summed E-state index contributed by atoms with van der Waals surface area (Å²) in [4.78, 5) is 26.8. The second kappa shape index (κ2) is 5.54. The molecule has 8 heteroatoms. The maximum absolute atomic E-state index is 12.2. The van der Waals surface area contributed by atoms with Crippen LogP contribution in [0, 0.1) is 6.92 Å². The highest BCUT2D eigenvalue weighted by atomic mass is 79.9. The number of halogens is 1. The number of nitrogens with zero attached hydrogens (tertiary/aromatic N) is 1. The van der Waals surface area contributed by atoms with Gasteiger partial charge in [0.05, 0.1) is 15.7 Å². The number of amides is 1. The molecule has 2 rings (SSSR count). The van der Waals surface area contributed by atoms with Crippen molar-refractivity contribution in [1.82, 2.24) is 9.36 Å². The predicted octanol–water partition coefficient (Wildman–Crippen LogP) is 2.20. The third kappa shape index (κ3) is 2.69. The minimum absolute atomic E-state index is 0.187. The van der Waals surface area contributed by atoms with Crippen molar-refractivity contribution in [3.63, 3.8) is 0 Å². The zero-order valence-electron chi connectivity index (χ0n) is 10.2. The molecule has 0 bridgehead atoms. The van der Waals surface area contributed by atoms with E-state index < -0.39 is 0 Å². The van der Waals surface area contributed by atoms with Gasteiger partial charge < -0.3 is 15.6 Å². The maximum Gasteiger partial charge on any atom is 0.260 e. The van der Waals surface area contributed by atoms with Gasteiger partial charge in [0.25, 0.3) is 5.91 Å². The van der Waals surface area contributed by atoms with Gasteiger partial charge in [0, 0.05) is 19.4 Å². The molecule has 0 aliphatic carbocycles. The Morgan fingerprint density at radius 1 is 1.47 bits per heavy atom. The van der Waals surface area contributed by atoms with E-state index >= 15 is 0 Å². The molecule has 100 valence electrons. The lowest BCUT2D eigenvalue weighted by Crippen LogP contribution is -2.20. The predicted molar refractivity (Wildman–Crippen MR) is 79.1 cm³/mol. The van der Waals surface area contributed by atoms with Crippen LogP contribution in [0.3, 0.4) is 0 Å². The third-order valence-corrected chi connectivity index (χ3v) is 4.01. The van der Waals surface area contributed by atoms with Crippen LogP contribution in [0.4, 0.5) is 10.7 Å². The highest BCUT2D eigenvalue weighted by Gasteiger charge is 2.18. The van der Waals surface area contributed by atoms with E-state index in [1.54, 1.807) is 14.0 Å². The summed E-state index contributed by atoms with van der Waals surface area (Å²) in [6, 6.07) is 0. The highest BCUT2D eigenvalue weighted by Crippen LogP contribution is 2.24. The molecular formula is C11H11BrN4O2S. The minimum atomic E-state index is -0.362. The Bertz CT molecular complexity index is 680. The molecule has 2 aromatic heterocycles. The molecule has 6 nitrogen and oxygen atoms in total. The molecule has 0 radical (unpaired) electrons. The normalized spacial score (nSPS) is 10.3. The van der Waals surface area contributed by atoms with Gasteiger partial charge in [0.2, 0.25) is 5.43 Å². The first-order valence-electron chi connectivity index (χ1n) is 5.36. The fraction of sp³-hybridized carbons (Fsp3) is 0.182. The third-order valence-electron chi connectivity index (χ3n) is 2.46. The number of carbonyl (C=O) groups excluding carboxylic acids is 1. The minimum Gasteiger partial charge on any atom is -0.378 e. The lowest BCUT2D eigenvalue weighted by atomic mass is 10.2. The molecule has 0 spiro atoms. The summed E-state index contributed by atoms with van der Waals surface area (Å²) < 4.78 is 4.47. The molecule has 0 aliphatic rings. The van der Waals surface area contributed by atoms with Crippen LogP contribution in [-0.4, -0.2) is 22.3 Å². The van der Waals surface area contributed by atoms with Crippen LogP contribution >= 0.6 is 27.5 Å². The number of pyridine rings is 1. The Morgan fingerprint density at radius 3 is 2.89 bits per heavy atom. The molecule has 0 saturated carbocycles. The monoisotopic (exact) mass is 342 g/mol. The first kappa shape index (κ1) is 13.8. The molecule has 0 aromatic carbocycles. The largest absolute Gasteiger partial charge is 0.378 e. The summed E-state index contributed by atoms with van der Waals surface area (Å²) in [7, 11) is 1.72. The molecular weight excluding hydrogens is 332 g/mol. The Hall–Kier alpha value is -1.67. The van der Waals surface area contributed by atoms with Crippen molar-refractivity contribution < 1.29 is 4.79 Å². The topological polar surface area (TPSA) is 86.9 Å². The molecule has 0 aliphatic heterocycles. The number of nitrogens with one attached hydrogen (secondary N) is 3. The van der Waals surface area contributed by atoms with Crippen LogP contribution in [0.1, 0.15) is 16.1 Å². The van der Waals surface area contributed by atoms with E-state index in [-0.39, 0.29) is 17.0 Å². The van der Waals surface area contributed by atoms with Crippen molar-refractivity contribution in [3.05, 3.63) is 38.3 Å². The molecule has 2 aromatic rings. The quantitative estimate of drug-likeness (QED) is 0.797. The van der Waals surface area contributed by atoms with Gasteiger partial charge in [-0.25, -0.2) is 0 Å². The van der Waals surface area contributed by atoms with Crippen LogP contribution < -0.4 is 16.1 Å². The zero-order chi connectivity index (χ0) is 14.0. The maximum atomic E-state index is 12.2. The van der Waals surface area contributed by atoms with Crippen LogP contribution in [-0.2, 0) is 0 Å². The number of H-pyrrole nitrogens is 1.